The van der Waals surface area contributed by atoms with E-state index in [0.717, 1.165) is 10.6 Å². The number of thiazole rings is 1. The van der Waals surface area contributed by atoms with Crippen molar-refractivity contribution in [1.82, 2.24) is 24.8 Å². The molecule has 10 heteroatoms. The largest absolute Gasteiger partial charge is 0.375 e. The van der Waals surface area contributed by atoms with Crippen LogP contribution in [0.5, 0.6) is 0 Å². The molecule has 2 amide bonds. The molecule has 0 bridgehead atoms. The van der Waals surface area contributed by atoms with Gasteiger partial charge in [-0.15, -0.1) is 11.3 Å². The number of benzene rings is 1. The fourth-order valence-corrected chi connectivity index (χ4v) is 5.05. The normalized spacial score (nSPS) is 22.9. The van der Waals surface area contributed by atoms with Crippen LogP contribution in [0.3, 0.4) is 0 Å². The molecule has 2 saturated heterocycles. The van der Waals surface area contributed by atoms with Crippen molar-refractivity contribution in [2.45, 2.75) is 24.5 Å². The van der Waals surface area contributed by atoms with Crippen LogP contribution in [0.15, 0.2) is 41.9 Å². The highest BCUT2D eigenvalue weighted by atomic mass is 32.1. The minimum Gasteiger partial charge on any atom is -0.375 e. The Kier molecular flexibility index (Phi) is 5.34. The average Bonchev–Trinajstić information content (AvgIpc) is 3.52. The fourth-order valence-electron chi connectivity index (χ4n) is 4.24. The molecule has 1 aromatic carbocycles. The zero-order chi connectivity index (χ0) is 23.2. The van der Waals surface area contributed by atoms with Crippen molar-refractivity contribution >= 4 is 29.1 Å². The molecule has 0 spiro atoms. The molecule has 2 aromatic heterocycles. The molecular weight excluding hydrogens is 440 g/mol. The molecule has 170 valence electrons. The van der Waals surface area contributed by atoms with Crippen molar-refractivity contribution in [3.63, 3.8) is 0 Å². The van der Waals surface area contributed by atoms with Crippen LogP contribution in [0.1, 0.15) is 18.4 Å². The number of amides is 2. The van der Waals surface area contributed by atoms with Crippen LogP contribution in [-0.2, 0) is 15.2 Å². The molecule has 5 rings (SSSR count). The summed E-state index contributed by atoms with van der Waals surface area (Å²) in [6, 6.07) is 8.81. The fraction of sp³-hybridized carbons (Fsp3) is 0.348. The number of carbonyl (C=O) groups is 2. The predicted octanol–water partition coefficient (Wildman–Crippen LogP) is 1.96. The van der Waals surface area contributed by atoms with Crippen LogP contribution in [0, 0.1) is 0 Å². The first kappa shape index (κ1) is 21.5. The molecule has 0 radical (unpaired) electrons. The lowest BCUT2D eigenvalue weighted by Crippen LogP contribution is -2.36. The van der Waals surface area contributed by atoms with E-state index < -0.39 is 5.60 Å². The smallest absolute Gasteiger partial charge is 0.258 e. The summed E-state index contributed by atoms with van der Waals surface area (Å²) in [7, 11) is 3.48. The highest BCUT2D eigenvalue weighted by Gasteiger charge is 2.45. The maximum atomic E-state index is 12.5. The Morgan fingerprint density at radius 2 is 1.97 bits per heavy atom. The van der Waals surface area contributed by atoms with Crippen LogP contribution in [0.25, 0.3) is 22.0 Å². The predicted molar refractivity (Wildman–Crippen MR) is 124 cm³/mol. The molecule has 33 heavy (non-hydrogen) atoms. The highest BCUT2D eigenvalue weighted by molar-refractivity contribution is 7.13. The quantitative estimate of drug-likeness (QED) is 0.594. The van der Waals surface area contributed by atoms with Gasteiger partial charge < -0.3 is 20.2 Å². The van der Waals surface area contributed by atoms with Gasteiger partial charge in [0.2, 0.25) is 11.9 Å². The van der Waals surface area contributed by atoms with Gasteiger partial charge >= 0.3 is 0 Å². The summed E-state index contributed by atoms with van der Waals surface area (Å²) in [5.74, 6) is 0.143. The van der Waals surface area contributed by atoms with Crippen molar-refractivity contribution in [3.05, 3.63) is 47.5 Å². The maximum absolute atomic E-state index is 12.5. The van der Waals surface area contributed by atoms with Crippen molar-refractivity contribution in [2.75, 3.05) is 32.5 Å². The van der Waals surface area contributed by atoms with Crippen LogP contribution in [-0.4, -0.2) is 74.9 Å². The Bertz CT molecular complexity index is 1230. The summed E-state index contributed by atoms with van der Waals surface area (Å²) in [6.07, 6.45) is 2.72. The van der Waals surface area contributed by atoms with Crippen molar-refractivity contribution in [2.24, 2.45) is 0 Å². The minimum absolute atomic E-state index is 0.0356. The summed E-state index contributed by atoms with van der Waals surface area (Å²) in [5.41, 5.74) is 1.24. The number of nitrogens with zero attached hydrogens (tertiary/aromatic N) is 5. The Balaban J connectivity index is 1.38. The third kappa shape index (κ3) is 3.85. The monoisotopic (exact) mass is 464 g/mol. The SMILES string of the molecule is CN1CCC(Nc2nccc(-c3csc(-c4cccc(C5(O)CCN(C)C5=O)c4)n3)n2)C1=O. The van der Waals surface area contributed by atoms with Gasteiger partial charge in [0.1, 0.15) is 16.7 Å². The third-order valence-electron chi connectivity index (χ3n) is 6.25. The molecule has 4 heterocycles. The Morgan fingerprint density at radius 3 is 2.70 bits per heavy atom. The number of carbonyl (C=O) groups excluding carboxylic acids is 2. The summed E-state index contributed by atoms with van der Waals surface area (Å²) in [6.45, 7) is 1.23. The van der Waals surface area contributed by atoms with Gasteiger partial charge in [0.15, 0.2) is 5.60 Å². The van der Waals surface area contributed by atoms with Gasteiger partial charge in [-0.3, -0.25) is 9.59 Å². The van der Waals surface area contributed by atoms with E-state index in [2.05, 4.69) is 15.3 Å². The van der Waals surface area contributed by atoms with Crippen molar-refractivity contribution in [1.29, 1.82) is 0 Å². The number of likely N-dealkylation sites (N-methyl/N-ethyl adjacent to an activating group) is 2. The number of nitrogens with one attached hydrogen (secondary N) is 1. The van der Waals surface area contributed by atoms with E-state index in [4.69, 9.17) is 4.98 Å². The first-order chi connectivity index (χ1) is 15.8. The number of hydrogen-bond donors (Lipinski definition) is 2. The third-order valence-corrected chi connectivity index (χ3v) is 7.14. The summed E-state index contributed by atoms with van der Waals surface area (Å²) < 4.78 is 0. The van der Waals surface area contributed by atoms with E-state index in [-0.39, 0.29) is 17.9 Å². The molecule has 9 nitrogen and oxygen atoms in total. The molecule has 3 aromatic rings. The Labute approximate surface area is 195 Å². The van der Waals surface area contributed by atoms with E-state index in [9.17, 15) is 14.7 Å². The van der Waals surface area contributed by atoms with Gasteiger partial charge in [-0.25, -0.2) is 15.0 Å². The molecule has 2 aliphatic heterocycles. The van der Waals surface area contributed by atoms with Crippen LogP contribution < -0.4 is 5.32 Å². The first-order valence-corrected chi connectivity index (χ1v) is 11.6. The summed E-state index contributed by atoms with van der Waals surface area (Å²) >= 11 is 1.46. The van der Waals surface area contributed by atoms with Gasteiger partial charge in [-0.1, -0.05) is 18.2 Å². The number of rotatable bonds is 5. The second kappa shape index (κ2) is 8.20. The van der Waals surface area contributed by atoms with Crippen molar-refractivity contribution < 1.29 is 14.7 Å². The molecule has 2 N–H and O–H groups in total. The lowest BCUT2D eigenvalue weighted by molar-refractivity contribution is -0.143. The number of likely N-dealkylation sites (tertiary alicyclic amines) is 2. The van der Waals surface area contributed by atoms with E-state index >= 15 is 0 Å². The van der Waals surface area contributed by atoms with Crippen molar-refractivity contribution in [3.8, 4) is 22.0 Å². The van der Waals surface area contributed by atoms with Gasteiger partial charge in [-0.2, -0.15) is 0 Å². The summed E-state index contributed by atoms with van der Waals surface area (Å²) in [4.78, 5) is 41.4. The number of hydrogen-bond acceptors (Lipinski definition) is 8. The van der Waals surface area contributed by atoms with Crippen LogP contribution in [0.2, 0.25) is 0 Å². The zero-order valence-corrected chi connectivity index (χ0v) is 19.2. The van der Waals surface area contributed by atoms with E-state index in [1.54, 1.807) is 42.2 Å². The lowest BCUT2D eigenvalue weighted by Gasteiger charge is -2.21. The summed E-state index contributed by atoms with van der Waals surface area (Å²) in [5, 5.41) is 16.8. The molecule has 2 fully saturated rings. The van der Waals surface area contributed by atoms with Gasteiger partial charge in [0.25, 0.3) is 5.91 Å². The highest BCUT2D eigenvalue weighted by Crippen LogP contribution is 2.36. The molecule has 0 saturated carbocycles. The molecule has 0 aliphatic carbocycles. The standard InChI is InChI=1S/C23H24N6O3S/c1-28-10-7-17(20(28)30)27-22-24-9-6-16(26-22)18-13-33-19(25-18)14-4-3-5-15(12-14)23(32)8-11-29(2)21(23)31/h3-6,9,12-13,17,32H,7-8,10-11H2,1-2H3,(H,24,26,27). The molecule has 2 aliphatic rings. The number of anilines is 1. The number of aliphatic hydroxyl groups is 1. The molecular formula is C23H24N6O3S. The van der Waals surface area contributed by atoms with E-state index in [0.29, 0.717) is 48.8 Å². The van der Waals surface area contributed by atoms with Gasteiger partial charge in [0, 0.05) is 50.7 Å². The zero-order valence-electron chi connectivity index (χ0n) is 18.4. The molecule has 2 unspecified atom stereocenters. The second-order valence-electron chi connectivity index (χ2n) is 8.47. The second-order valence-corrected chi connectivity index (χ2v) is 9.32. The van der Waals surface area contributed by atoms with Gasteiger partial charge in [0.05, 0.1) is 5.69 Å². The maximum Gasteiger partial charge on any atom is 0.258 e. The average molecular weight is 465 g/mol. The van der Waals surface area contributed by atoms with E-state index in [1.165, 1.54) is 11.3 Å². The van der Waals surface area contributed by atoms with E-state index in [1.807, 2.05) is 23.6 Å². The minimum atomic E-state index is -1.50. The van der Waals surface area contributed by atoms with Crippen LogP contribution in [0.4, 0.5) is 5.95 Å². The first-order valence-electron chi connectivity index (χ1n) is 10.7. The van der Waals surface area contributed by atoms with Crippen LogP contribution >= 0.6 is 11.3 Å². The Hall–Kier alpha value is -3.37. The number of aromatic nitrogens is 3. The lowest BCUT2D eigenvalue weighted by atomic mass is 9.91. The van der Waals surface area contributed by atoms with Gasteiger partial charge in [-0.05, 0) is 24.1 Å². The Morgan fingerprint density at radius 1 is 1.12 bits per heavy atom. The molecule has 2 atom stereocenters. The topological polar surface area (TPSA) is 112 Å².